The number of aryl methyl sites for hydroxylation is 1. The number of nitrogens with one attached hydrogen (secondary N) is 1. The standard InChI is InChI=1S/C16H27N2O6P/c1-11(2)23-25(21,24-12(3)4)10-22-16(6-7-16)9-18-8-13(5)14(19)17-15(18)20/h8,11-12H,6-7,9-10H2,1-5H3,(H,17,19,20). The summed E-state index contributed by atoms with van der Waals surface area (Å²) in [5, 5.41) is 0. The fraction of sp³-hybridized carbons (Fsp3) is 0.750. The van der Waals surface area contributed by atoms with Gasteiger partial charge in [-0.2, -0.15) is 0 Å². The molecule has 0 unspecified atom stereocenters. The van der Waals surface area contributed by atoms with Gasteiger partial charge < -0.3 is 13.8 Å². The van der Waals surface area contributed by atoms with Gasteiger partial charge in [0, 0.05) is 11.8 Å². The van der Waals surface area contributed by atoms with Crippen LogP contribution in [0, 0.1) is 6.92 Å². The monoisotopic (exact) mass is 374 g/mol. The average molecular weight is 374 g/mol. The van der Waals surface area contributed by atoms with E-state index in [9.17, 15) is 14.2 Å². The van der Waals surface area contributed by atoms with Crippen LogP contribution in [0.25, 0.3) is 0 Å². The molecule has 1 aromatic rings. The Morgan fingerprint density at radius 1 is 1.20 bits per heavy atom. The van der Waals surface area contributed by atoms with E-state index in [-0.39, 0.29) is 25.1 Å². The van der Waals surface area contributed by atoms with Gasteiger partial charge in [0.1, 0.15) is 6.35 Å². The summed E-state index contributed by atoms with van der Waals surface area (Å²) in [6, 6.07) is 0. The van der Waals surface area contributed by atoms with Crippen LogP contribution in [0.4, 0.5) is 0 Å². The lowest BCUT2D eigenvalue weighted by Gasteiger charge is -2.25. The van der Waals surface area contributed by atoms with Gasteiger partial charge in [0.2, 0.25) is 0 Å². The molecule has 0 aliphatic heterocycles. The predicted octanol–water partition coefficient (Wildman–Crippen LogP) is 2.39. The highest BCUT2D eigenvalue weighted by Crippen LogP contribution is 2.53. The molecule has 0 aromatic carbocycles. The zero-order valence-corrected chi connectivity index (χ0v) is 16.3. The van der Waals surface area contributed by atoms with Crippen molar-refractivity contribution in [2.24, 2.45) is 0 Å². The molecule has 0 radical (unpaired) electrons. The van der Waals surface area contributed by atoms with Crippen molar-refractivity contribution in [2.45, 2.75) is 71.8 Å². The molecule has 1 N–H and O–H groups in total. The van der Waals surface area contributed by atoms with Crippen LogP contribution in [0.3, 0.4) is 0 Å². The number of rotatable bonds is 9. The van der Waals surface area contributed by atoms with Crippen molar-refractivity contribution >= 4 is 7.60 Å². The smallest absolute Gasteiger partial charge is 0.356 e. The molecule has 0 atom stereocenters. The Hall–Kier alpha value is -1.21. The summed E-state index contributed by atoms with van der Waals surface area (Å²) >= 11 is 0. The predicted molar refractivity (Wildman–Crippen MR) is 94.0 cm³/mol. The van der Waals surface area contributed by atoms with E-state index in [2.05, 4.69) is 4.98 Å². The van der Waals surface area contributed by atoms with Crippen molar-refractivity contribution in [3.8, 4) is 0 Å². The third-order valence-electron chi connectivity index (χ3n) is 3.73. The normalized spacial score (nSPS) is 16.6. The average Bonchev–Trinajstić information content (AvgIpc) is 3.21. The van der Waals surface area contributed by atoms with Gasteiger partial charge in [-0.3, -0.25) is 18.9 Å². The topological polar surface area (TPSA) is 99.6 Å². The summed E-state index contributed by atoms with van der Waals surface area (Å²) in [5.41, 5.74) is -1.00. The van der Waals surface area contributed by atoms with Crippen LogP contribution in [-0.4, -0.2) is 33.7 Å². The number of hydrogen-bond acceptors (Lipinski definition) is 6. The van der Waals surface area contributed by atoms with Crippen LogP contribution in [0.5, 0.6) is 0 Å². The van der Waals surface area contributed by atoms with Crippen LogP contribution < -0.4 is 11.2 Å². The molecule has 8 nitrogen and oxygen atoms in total. The van der Waals surface area contributed by atoms with Gasteiger partial charge in [0.05, 0.1) is 24.4 Å². The van der Waals surface area contributed by atoms with Gasteiger partial charge in [0.15, 0.2) is 0 Å². The lowest BCUT2D eigenvalue weighted by atomic mass is 10.3. The maximum atomic E-state index is 12.8. The quantitative estimate of drug-likeness (QED) is 0.666. The third kappa shape index (κ3) is 5.64. The molecule has 1 saturated carbocycles. The van der Waals surface area contributed by atoms with Crippen LogP contribution in [0.15, 0.2) is 15.8 Å². The highest BCUT2D eigenvalue weighted by molar-refractivity contribution is 7.53. The zero-order chi connectivity index (χ0) is 18.8. The van der Waals surface area contributed by atoms with Crippen molar-refractivity contribution in [2.75, 3.05) is 6.35 Å². The van der Waals surface area contributed by atoms with E-state index in [4.69, 9.17) is 13.8 Å². The maximum absolute atomic E-state index is 12.8. The van der Waals surface area contributed by atoms with Crippen molar-refractivity contribution < 1.29 is 18.3 Å². The van der Waals surface area contributed by atoms with Crippen LogP contribution in [0.1, 0.15) is 46.1 Å². The molecule has 2 rings (SSSR count). The Balaban J connectivity index is 2.08. The maximum Gasteiger partial charge on any atom is 0.356 e. The molecule has 1 aliphatic carbocycles. The second-order valence-corrected chi connectivity index (χ2v) is 8.98. The van der Waals surface area contributed by atoms with Crippen molar-refractivity contribution in [1.29, 1.82) is 0 Å². The molecule has 1 fully saturated rings. The molecule has 0 amide bonds. The molecule has 142 valence electrons. The minimum absolute atomic E-state index is 0.166. The molecular weight excluding hydrogens is 347 g/mol. The number of aromatic amines is 1. The molecule has 9 heteroatoms. The third-order valence-corrected chi connectivity index (χ3v) is 5.66. The summed E-state index contributed by atoms with van der Waals surface area (Å²) in [6.45, 7) is 9.05. The molecule has 0 bridgehead atoms. The number of nitrogens with zero attached hydrogens (tertiary/aromatic N) is 1. The second kappa shape index (κ2) is 7.58. The van der Waals surface area contributed by atoms with Crippen LogP contribution in [-0.2, 0) is 24.9 Å². The van der Waals surface area contributed by atoms with E-state index >= 15 is 0 Å². The fourth-order valence-corrected chi connectivity index (χ4v) is 4.37. The first kappa shape index (κ1) is 20.1. The largest absolute Gasteiger partial charge is 0.360 e. The highest BCUT2D eigenvalue weighted by atomic mass is 31.2. The zero-order valence-electron chi connectivity index (χ0n) is 15.4. The lowest BCUT2D eigenvalue weighted by Crippen LogP contribution is -2.35. The van der Waals surface area contributed by atoms with Gasteiger partial charge in [-0.1, -0.05) is 0 Å². The van der Waals surface area contributed by atoms with E-state index in [1.54, 1.807) is 34.6 Å². The Kier molecular flexibility index (Phi) is 6.09. The van der Waals surface area contributed by atoms with Gasteiger partial charge in [-0.05, 0) is 47.5 Å². The molecule has 0 saturated heterocycles. The SMILES string of the molecule is Cc1cn(CC2(OCP(=O)(OC(C)C)OC(C)C)CC2)c(=O)[nH]c1=O. The van der Waals surface area contributed by atoms with E-state index < -0.39 is 24.4 Å². The van der Waals surface area contributed by atoms with E-state index in [0.717, 1.165) is 12.8 Å². The van der Waals surface area contributed by atoms with Crippen molar-refractivity contribution in [3.05, 3.63) is 32.6 Å². The van der Waals surface area contributed by atoms with Gasteiger partial charge in [0.25, 0.3) is 5.56 Å². The van der Waals surface area contributed by atoms with Crippen LogP contribution in [0.2, 0.25) is 0 Å². The molecule has 1 aromatic heterocycles. The number of H-pyrrole nitrogens is 1. The summed E-state index contributed by atoms with van der Waals surface area (Å²) < 4.78 is 31.1. The molecule has 25 heavy (non-hydrogen) atoms. The summed E-state index contributed by atoms with van der Waals surface area (Å²) in [7, 11) is -3.39. The highest BCUT2D eigenvalue weighted by Gasteiger charge is 2.47. The van der Waals surface area contributed by atoms with Gasteiger partial charge >= 0.3 is 13.3 Å². The number of hydrogen-bond donors (Lipinski definition) is 1. The van der Waals surface area contributed by atoms with E-state index in [1.807, 2.05) is 0 Å². The lowest BCUT2D eigenvalue weighted by molar-refractivity contribution is 0.0263. The first-order valence-electron chi connectivity index (χ1n) is 8.44. The fourth-order valence-electron chi connectivity index (χ4n) is 2.48. The minimum Gasteiger partial charge on any atom is -0.360 e. The Morgan fingerprint density at radius 2 is 1.76 bits per heavy atom. The molecule has 1 heterocycles. The van der Waals surface area contributed by atoms with Gasteiger partial charge in [-0.15, -0.1) is 0 Å². The minimum atomic E-state index is -3.39. The first-order valence-corrected chi connectivity index (χ1v) is 10.2. The summed E-state index contributed by atoms with van der Waals surface area (Å²) in [4.78, 5) is 25.7. The molecule has 1 aliphatic rings. The Morgan fingerprint density at radius 3 is 2.24 bits per heavy atom. The summed E-state index contributed by atoms with van der Waals surface area (Å²) in [5.74, 6) is 0. The van der Waals surface area contributed by atoms with Crippen molar-refractivity contribution in [3.63, 3.8) is 0 Å². The second-order valence-electron chi connectivity index (χ2n) is 7.07. The first-order chi connectivity index (χ1) is 11.5. The molecular formula is C16H27N2O6P. The Bertz CT molecular complexity index is 749. The Labute approximate surface area is 147 Å². The van der Waals surface area contributed by atoms with E-state index in [0.29, 0.717) is 5.56 Å². The number of aromatic nitrogens is 2. The van der Waals surface area contributed by atoms with Gasteiger partial charge in [-0.25, -0.2) is 4.79 Å². The van der Waals surface area contributed by atoms with Crippen LogP contribution >= 0.6 is 7.60 Å². The molecule has 0 spiro atoms. The number of ether oxygens (including phenoxy) is 1. The van der Waals surface area contributed by atoms with E-state index in [1.165, 1.54) is 10.8 Å². The summed E-state index contributed by atoms with van der Waals surface area (Å²) in [6.07, 6.45) is 2.31. The van der Waals surface area contributed by atoms with Crippen molar-refractivity contribution in [1.82, 2.24) is 9.55 Å².